The highest BCUT2D eigenvalue weighted by Crippen LogP contribution is 2.17. The van der Waals surface area contributed by atoms with Crippen LogP contribution in [0.2, 0.25) is 0 Å². The van der Waals surface area contributed by atoms with Crippen LogP contribution in [0.15, 0.2) is 53.9 Å². The lowest BCUT2D eigenvalue weighted by Crippen LogP contribution is -2.43. The molecule has 1 unspecified atom stereocenters. The maximum Gasteiger partial charge on any atom is 0.266 e. The third-order valence-corrected chi connectivity index (χ3v) is 5.03. The molecule has 1 atom stereocenters. The summed E-state index contributed by atoms with van der Waals surface area (Å²) in [5, 5.41) is 3.95. The number of hydrogen-bond donors (Lipinski definition) is 1. The van der Waals surface area contributed by atoms with Gasteiger partial charge in [-0.05, 0) is 56.0 Å². The number of amides is 1. The third kappa shape index (κ3) is 5.94. The highest BCUT2D eigenvalue weighted by atomic mass is 16.6. The Labute approximate surface area is 171 Å². The van der Waals surface area contributed by atoms with E-state index in [1.165, 1.54) is 0 Å². The van der Waals surface area contributed by atoms with E-state index in [2.05, 4.69) is 17.1 Å². The van der Waals surface area contributed by atoms with Crippen LogP contribution < -0.4 is 10.5 Å². The lowest BCUT2D eigenvalue weighted by Gasteiger charge is -2.31. The number of nitrogens with two attached hydrogens (primary N) is 1. The summed E-state index contributed by atoms with van der Waals surface area (Å²) in [5.74, 6) is 1.55. The number of ether oxygens (including phenoxy) is 1. The van der Waals surface area contributed by atoms with Gasteiger partial charge in [0, 0.05) is 36.6 Å². The number of rotatable bonds is 7. The number of amidine groups is 1. The second-order valence-corrected chi connectivity index (χ2v) is 7.41. The van der Waals surface area contributed by atoms with E-state index in [0.29, 0.717) is 23.8 Å². The minimum absolute atomic E-state index is 0.0485. The molecular weight excluding hydrogens is 368 g/mol. The molecule has 0 saturated carbocycles. The van der Waals surface area contributed by atoms with Gasteiger partial charge in [0.1, 0.15) is 12.4 Å². The zero-order chi connectivity index (χ0) is 20.6. The first-order chi connectivity index (χ1) is 14.0. The Hall–Kier alpha value is -3.09. The fourth-order valence-electron chi connectivity index (χ4n) is 3.09. The second kappa shape index (κ2) is 9.91. The number of carbonyl (C=O) groups is 1. The van der Waals surface area contributed by atoms with E-state index >= 15 is 0 Å². The molecule has 1 aliphatic heterocycles. The predicted molar refractivity (Wildman–Crippen MR) is 111 cm³/mol. The fourth-order valence-corrected chi connectivity index (χ4v) is 3.09. The van der Waals surface area contributed by atoms with Gasteiger partial charge in [-0.3, -0.25) is 9.78 Å². The van der Waals surface area contributed by atoms with Gasteiger partial charge in [0.25, 0.3) is 5.91 Å². The van der Waals surface area contributed by atoms with Crippen molar-refractivity contribution in [3.63, 3.8) is 0 Å². The van der Waals surface area contributed by atoms with Crippen molar-refractivity contribution in [2.24, 2.45) is 16.8 Å². The summed E-state index contributed by atoms with van der Waals surface area (Å²) in [6.07, 6.45) is 4.88. The van der Waals surface area contributed by atoms with Crippen LogP contribution in [-0.4, -0.2) is 40.8 Å². The van der Waals surface area contributed by atoms with Gasteiger partial charge in [-0.15, -0.1) is 0 Å². The number of likely N-dealkylation sites (tertiary alicyclic amines) is 1. The monoisotopic (exact) mass is 396 g/mol. The molecule has 0 spiro atoms. The summed E-state index contributed by atoms with van der Waals surface area (Å²) < 4.78 is 5.73. The smallest absolute Gasteiger partial charge is 0.266 e. The first kappa shape index (κ1) is 20.6. The zero-order valence-corrected chi connectivity index (χ0v) is 17.0. The molecule has 0 bridgehead atoms. The maximum absolute atomic E-state index is 12.5. The number of oxime groups is 1. The van der Waals surface area contributed by atoms with Crippen LogP contribution in [-0.2, 0) is 16.2 Å². The van der Waals surface area contributed by atoms with Crippen molar-refractivity contribution in [3.8, 4) is 5.75 Å². The van der Waals surface area contributed by atoms with Crippen molar-refractivity contribution in [3.05, 3.63) is 59.9 Å². The molecule has 2 aromatic rings. The number of carbonyl (C=O) groups excluding carboxylic acids is 1. The summed E-state index contributed by atoms with van der Waals surface area (Å²) in [7, 11) is 0. The van der Waals surface area contributed by atoms with Gasteiger partial charge in [-0.1, -0.05) is 18.1 Å². The van der Waals surface area contributed by atoms with Crippen molar-refractivity contribution < 1.29 is 14.4 Å². The van der Waals surface area contributed by atoms with Gasteiger partial charge in [-0.25, -0.2) is 0 Å². The molecule has 154 valence electrons. The van der Waals surface area contributed by atoms with E-state index in [9.17, 15) is 4.79 Å². The van der Waals surface area contributed by atoms with Crippen LogP contribution >= 0.6 is 0 Å². The lowest BCUT2D eigenvalue weighted by atomic mass is 9.99. The van der Waals surface area contributed by atoms with Crippen LogP contribution in [0.4, 0.5) is 0 Å². The van der Waals surface area contributed by atoms with E-state index in [1.807, 2.05) is 29.2 Å². The van der Waals surface area contributed by atoms with E-state index in [1.54, 1.807) is 31.5 Å². The molecule has 29 heavy (non-hydrogen) atoms. The van der Waals surface area contributed by atoms with Crippen molar-refractivity contribution in [1.29, 1.82) is 0 Å². The van der Waals surface area contributed by atoms with Crippen LogP contribution in [0, 0.1) is 5.92 Å². The first-order valence-corrected chi connectivity index (χ1v) is 9.93. The standard InChI is InChI=1S/C22H28N4O3/c1-16-9-12-26(13-10-16)22(27)17(2)29-25-21(23)19-5-7-20(8-6-19)28-15-18-4-3-11-24-14-18/h3-8,11,14,16-17H,9-10,12-13,15H2,1-2H3,(H2,23,25). The molecule has 1 aromatic heterocycles. The number of piperidine rings is 1. The van der Waals surface area contributed by atoms with Gasteiger partial charge in [0.15, 0.2) is 5.84 Å². The Balaban J connectivity index is 1.50. The van der Waals surface area contributed by atoms with Crippen molar-refractivity contribution in [2.45, 2.75) is 39.4 Å². The van der Waals surface area contributed by atoms with Gasteiger partial charge in [0.05, 0.1) is 0 Å². The molecule has 2 N–H and O–H groups in total. The number of pyridine rings is 1. The van der Waals surface area contributed by atoms with Gasteiger partial charge >= 0.3 is 0 Å². The SMILES string of the molecule is CC1CCN(C(=O)C(C)ON=C(N)c2ccc(OCc3cccnc3)cc2)CC1. The van der Waals surface area contributed by atoms with Crippen LogP contribution in [0.5, 0.6) is 5.75 Å². The Morgan fingerprint density at radius 1 is 1.28 bits per heavy atom. The highest BCUT2D eigenvalue weighted by molar-refractivity contribution is 5.97. The molecule has 1 aromatic carbocycles. The lowest BCUT2D eigenvalue weighted by molar-refractivity contribution is -0.143. The Morgan fingerprint density at radius 2 is 2.00 bits per heavy atom. The summed E-state index contributed by atoms with van der Waals surface area (Å²) in [6.45, 7) is 5.89. The Kier molecular flexibility index (Phi) is 7.05. The molecule has 0 radical (unpaired) electrons. The third-order valence-electron chi connectivity index (χ3n) is 5.03. The molecule has 1 aliphatic rings. The molecule has 7 nitrogen and oxygen atoms in total. The van der Waals surface area contributed by atoms with E-state index < -0.39 is 6.10 Å². The van der Waals surface area contributed by atoms with Crippen LogP contribution in [0.1, 0.15) is 37.8 Å². The summed E-state index contributed by atoms with van der Waals surface area (Å²) >= 11 is 0. The zero-order valence-electron chi connectivity index (χ0n) is 17.0. The van der Waals surface area contributed by atoms with Crippen molar-refractivity contribution in [1.82, 2.24) is 9.88 Å². The highest BCUT2D eigenvalue weighted by Gasteiger charge is 2.25. The van der Waals surface area contributed by atoms with Gasteiger partial charge in [0.2, 0.25) is 6.10 Å². The quantitative estimate of drug-likeness (QED) is 0.441. The second-order valence-electron chi connectivity index (χ2n) is 7.41. The average molecular weight is 396 g/mol. The first-order valence-electron chi connectivity index (χ1n) is 9.93. The minimum atomic E-state index is -0.663. The average Bonchev–Trinajstić information content (AvgIpc) is 2.77. The Morgan fingerprint density at radius 3 is 2.66 bits per heavy atom. The normalized spacial score (nSPS) is 16.3. The Bertz CT molecular complexity index is 816. The number of aromatic nitrogens is 1. The summed E-state index contributed by atoms with van der Waals surface area (Å²) in [5.41, 5.74) is 7.70. The van der Waals surface area contributed by atoms with E-state index in [0.717, 1.165) is 31.5 Å². The molecule has 1 saturated heterocycles. The largest absolute Gasteiger partial charge is 0.489 e. The predicted octanol–water partition coefficient (Wildman–Crippen LogP) is 2.94. The van der Waals surface area contributed by atoms with Gasteiger partial charge in [-0.2, -0.15) is 0 Å². The molecule has 2 heterocycles. The minimum Gasteiger partial charge on any atom is -0.489 e. The van der Waals surface area contributed by atoms with E-state index in [-0.39, 0.29) is 11.7 Å². The molecule has 3 rings (SSSR count). The van der Waals surface area contributed by atoms with Crippen molar-refractivity contribution in [2.75, 3.05) is 13.1 Å². The van der Waals surface area contributed by atoms with Crippen LogP contribution in [0.3, 0.4) is 0 Å². The van der Waals surface area contributed by atoms with Crippen LogP contribution in [0.25, 0.3) is 0 Å². The molecule has 1 amide bonds. The summed E-state index contributed by atoms with van der Waals surface area (Å²) in [4.78, 5) is 23.7. The topological polar surface area (TPSA) is 90.0 Å². The number of hydrogen-bond acceptors (Lipinski definition) is 5. The van der Waals surface area contributed by atoms with Crippen molar-refractivity contribution >= 4 is 11.7 Å². The molecular formula is C22H28N4O3. The summed E-state index contributed by atoms with van der Waals surface area (Å²) in [6, 6.07) is 11.1. The number of benzene rings is 1. The molecule has 1 fully saturated rings. The van der Waals surface area contributed by atoms with Gasteiger partial charge < -0.3 is 20.2 Å². The molecule has 0 aliphatic carbocycles. The number of nitrogens with zero attached hydrogens (tertiary/aromatic N) is 3. The maximum atomic E-state index is 12.5. The molecule has 7 heteroatoms. The fraction of sp³-hybridized carbons (Fsp3) is 0.409. The van der Waals surface area contributed by atoms with E-state index in [4.69, 9.17) is 15.3 Å².